The Morgan fingerprint density at radius 2 is 1.95 bits per heavy atom. The smallest absolute Gasteiger partial charge is 0.118 e. The predicted octanol–water partition coefficient (Wildman–Crippen LogP) is 3.67. The molecule has 0 amide bonds. The van der Waals surface area contributed by atoms with Gasteiger partial charge in [-0.1, -0.05) is 26.0 Å². The zero-order valence-corrected chi connectivity index (χ0v) is 12.4. The molecular weight excluding hydrogens is 236 g/mol. The summed E-state index contributed by atoms with van der Waals surface area (Å²) in [5.41, 5.74) is 1.69. The van der Waals surface area contributed by atoms with Gasteiger partial charge < -0.3 is 9.84 Å². The predicted molar refractivity (Wildman–Crippen MR) is 78.4 cm³/mol. The van der Waals surface area contributed by atoms with Crippen LogP contribution in [0.4, 0.5) is 0 Å². The van der Waals surface area contributed by atoms with Gasteiger partial charge in [0.25, 0.3) is 0 Å². The topological polar surface area (TPSA) is 29.5 Å². The van der Waals surface area contributed by atoms with Crippen molar-refractivity contribution in [2.45, 2.75) is 39.5 Å². The Morgan fingerprint density at radius 3 is 2.47 bits per heavy atom. The van der Waals surface area contributed by atoms with Gasteiger partial charge in [0.2, 0.25) is 0 Å². The molecule has 1 N–H and O–H groups in total. The molecule has 1 aliphatic carbocycles. The second kappa shape index (κ2) is 5.96. The van der Waals surface area contributed by atoms with Crippen molar-refractivity contribution in [3.63, 3.8) is 0 Å². The number of methoxy groups -OCH3 is 1. The lowest BCUT2D eigenvalue weighted by Crippen LogP contribution is -2.20. The molecule has 1 aromatic carbocycles. The van der Waals surface area contributed by atoms with Crippen molar-refractivity contribution >= 4 is 0 Å². The van der Waals surface area contributed by atoms with Gasteiger partial charge in [-0.25, -0.2) is 0 Å². The number of aliphatic hydroxyl groups is 1. The third-order valence-electron chi connectivity index (χ3n) is 4.76. The van der Waals surface area contributed by atoms with E-state index in [2.05, 4.69) is 26.0 Å². The summed E-state index contributed by atoms with van der Waals surface area (Å²) in [6.45, 7) is 4.93. The summed E-state index contributed by atoms with van der Waals surface area (Å²) in [7, 11) is 1.70. The van der Waals surface area contributed by atoms with Crippen LogP contribution in [0.15, 0.2) is 24.3 Å². The van der Waals surface area contributed by atoms with Gasteiger partial charge >= 0.3 is 0 Å². The van der Waals surface area contributed by atoms with Crippen LogP contribution in [-0.4, -0.2) is 18.8 Å². The van der Waals surface area contributed by atoms with Gasteiger partial charge in [0.15, 0.2) is 0 Å². The average molecular weight is 262 g/mol. The van der Waals surface area contributed by atoms with E-state index in [0.29, 0.717) is 17.9 Å². The van der Waals surface area contributed by atoms with E-state index in [9.17, 15) is 5.11 Å². The molecule has 19 heavy (non-hydrogen) atoms. The molecule has 0 heterocycles. The number of hydrogen-bond acceptors (Lipinski definition) is 2. The first kappa shape index (κ1) is 14.4. The summed E-state index contributed by atoms with van der Waals surface area (Å²) < 4.78 is 5.18. The molecule has 0 radical (unpaired) electrons. The number of rotatable bonds is 5. The molecule has 2 atom stereocenters. The van der Waals surface area contributed by atoms with E-state index >= 15 is 0 Å². The van der Waals surface area contributed by atoms with Crippen LogP contribution in [0.2, 0.25) is 0 Å². The zero-order valence-electron chi connectivity index (χ0n) is 12.4. The normalized spacial score (nSPS) is 25.5. The van der Waals surface area contributed by atoms with Gasteiger partial charge in [0, 0.05) is 6.61 Å². The van der Waals surface area contributed by atoms with Gasteiger partial charge in [-0.2, -0.15) is 0 Å². The van der Waals surface area contributed by atoms with Crippen LogP contribution in [0, 0.1) is 17.3 Å². The van der Waals surface area contributed by atoms with Gasteiger partial charge in [-0.3, -0.25) is 0 Å². The fourth-order valence-electron chi connectivity index (χ4n) is 3.42. The van der Waals surface area contributed by atoms with Gasteiger partial charge in [0.05, 0.1) is 7.11 Å². The highest BCUT2D eigenvalue weighted by atomic mass is 16.5. The molecule has 0 saturated heterocycles. The molecule has 106 valence electrons. The SMILES string of the molecule is COc1ccc(CC[C@@H]2C[C@@H](CO)C(C)(C)C2)cc1. The number of ether oxygens (including phenoxy) is 1. The Kier molecular flexibility index (Phi) is 4.51. The van der Waals surface area contributed by atoms with Crippen molar-refractivity contribution in [1.29, 1.82) is 0 Å². The van der Waals surface area contributed by atoms with Crippen LogP contribution < -0.4 is 4.74 Å². The molecule has 0 spiro atoms. The van der Waals surface area contributed by atoms with Crippen molar-refractivity contribution in [1.82, 2.24) is 0 Å². The van der Waals surface area contributed by atoms with Crippen molar-refractivity contribution in [3.8, 4) is 5.75 Å². The lowest BCUT2D eigenvalue weighted by Gasteiger charge is -2.24. The standard InChI is InChI=1S/C17H26O2/c1-17(2)11-14(10-15(17)12-18)5-4-13-6-8-16(19-3)9-7-13/h6-9,14-15,18H,4-5,10-12H2,1-3H3/t14-,15+/m1/s1. The minimum absolute atomic E-state index is 0.305. The first-order valence-electron chi connectivity index (χ1n) is 7.29. The molecule has 0 bridgehead atoms. The van der Waals surface area contributed by atoms with Gasteiger partial charge in [-0.05, 0) is 60.6 Å². The monoisotopic (exact) mass is 262 g/mol. The molecule has 1 saturated carbocycles. The largest absolute Gasteiger partial charge is 0.497 e. The summed E-state index contributed by atoms with van der Waals surface area (Å²) in [4.78, 5) is 0. The molecule has 2 heteroatoms. The second-order valence-corrected chi connectivity index (χ2v) is 6.56. The third-order valence-corrected chi connectivity index (χ3v) is 4.76. The molecule has 2 rings (SSSR count). The molecule has 0 aromatic heterocycles. The zero-order chi connectivity index (χ0) is 13.9. The Labute approximate surface area is 116 Å². The summed E-state index contributed by atoms with van der Waals surface area (Å²) in [5, 5.41) is 9.45. The average Bonchev–Trinajstić information content (AvgIpc) is 2.71. The van der Waals surface area contributed by atoms with E-state index in [1.54, 1.807) is 7.11 Å². The quantitative estimate of drug-likeness (QED) is 0.877. The minimum Gasteiger partial charge on any atom is -0.497 e. The number of aliphatic hydroxyl groups excluding tert-OH is 1. The maximum absolute atomic E-state index is 9.45. The molecule has 1 aliphatic rings. The van der Waals surface area contributed by atoms with Crippen molar-refractivity contribution in [2.24, 2.45) is 17.3 Å². The Hall–Kier alpha value is -1.02. The van der Waals surface area contributed by atoms with Crippen LogP contribution in [0.1, 0.15) is 38.7 Å². The number of benzene rings is 1. The molecular formula is C17H26O2. The van der Waals surface area contributed by atoms with Crippen molar-refractivity contribution in [2.75, 3.05) is 13.7 Å². The van der Waals surface area contributed by atoms with Crippen LogP contribution in [0.3, 0.4) is 0 Å². The summed E-state index contributed by atoms with van der Waals surface area (Å²) in [6.07, 6.45) is 4.78. The fraction of sp³-hybridized carbons (Fsp3) is 0.647. The number of hydrogen-bond donors (Lipinski definition) is 1. The van der Waals surface area contributed by atoms with Crippen molar-refractivity contribution < 1.29 is 9.84 Å². The van der Waals surface area contributed by atoms with Gasteiger partial charge in [-0.15, -0.1) is 0 Å². The van der Waals surface area contributed by atoms with E-state index in [1.165, 1.54) is 24.8 Å². The maximum Gasteiger partial charge on any atom is 0.118 e. The van der Waals surface area contributed by atoms with E-state index in [4.69, 9.17) is 4.74 Å². The molecule has 0 unspecified atom stereocenters. The highest BCUT2D eigenvalue weighted by molar-refractivity contribution is 5.27. The highest BCUT2D eigenvalue weighted by Gasteiger charge is 2.39. The highest BCUT2D eigenvalue weighted by Crippen LogP contribution is 2.47. The lowest BCUT2D eigenvalue weighted by atomic mass is 9.82. The van der Waals surface area contributed by atoms with E-state index in [1.807, 2.05) is 12.1 Å². The maximum atomic E-state index is 9.45. The first-order valence-corrected chi connectivity index (χ1v) is 7.29. The second-order valence-electron chi connectivity index (χ2n) is 6.56. The van der Waals surface area contributed by atoms with Gasteiger partial charge in [0.1, 0.15) is 5.75 Å². The fourth-order valence-corrected chi connectivity index (χ4v) is 3.42. The Morgan fingerprint density at radius 1 is 1.26 bits per heavy atom. The summed E-state index contributed by atoms with van der Waals surface area (Å²) >= 11 is 0. The summed E-state index contributed by atoms with van der Waals surface area (Å²) in [5.74, 6) is 2.16. The first-order chi connectivity index (χ1) is 9.05. The minimum atomic E-state index is 0.305. The summed E-state index contributed by atoms with van der Waals surface area (Å²) in [6, 6.07) is 8.37. The van der Waals surface area contributed by atoms with Crippen LogP contribution in [0.25, 0.3) is 0 Å². The van der Waals surface area contributed by atoms with Crippen LogP contribution >= 0.6 is 0 Å². The Balaban J connectivity index is 1.86. The number of aryl methyl sites for hydroxylation is 1. The molecule has 0 aliphatic heterocycles. The van der Waals surface area contributed by atoms with Crippen molar-refractivity contribution in [3.05, 3.63) is 29.8 Å². The third kappa shape index (κ3) is 3.50. The van der Waals surface area contributed by atoms with Crippen LogP contribution in [0.5, 0.6) is 5.75 Å². The lowest BCUT2D eigenvalue weighted by molar-refractivity contribution is 0.146. The Bertz CT molecular complexity index is 394. The van der Waals surface area contributed by atoms with E-state index in [-0.39, 0.29) is 0 Å². The molecule has 2 nitrogen and oxygen atoms in total. The molecule has 1 fully saturated rings. The van der Waals surface area contributed by atoms with E-state index in [0.717, 1.165) is 18.1 Å². The molecule has 1 aromatic rings. The van der Waals surface area contributed by atoms with E-state index < -0.39 is 0 Å². The van der Waals surface area contributed by atoms with Crippen LogP contribution in [-0.2, 0) is 6.42 Å².